The van der Waals surface area contributed by atoms with E-state index in [9.17, 15) is 14.7 Å². The molecule has 0 heterocycles. The van der Waals surface area contributed by atoms with Gasteiger partial charge in [-0.2, -0.15) is 0 Å². The number of rotatable bonds is 1. The van der Waals surface area contributed by atoms with Gasteiger partial charge < -0.3 is 9.84 Å². The lowest BCUT2D eigenvalue weighted by Gasteiger charge is -2.60. The molecule has 0 aliphatic heterocycles. The molecule has 0 spiro atoms. The summed E-state index contributed by atoms with van der Waals surface area (Å²) in [5.74, 6) is -1.71. The highest BCUT2D eigenvalue weighted by Crippen LogP contribution is 2.66. The van der Waals surface area contributed by atoms with Crippen LogP contribution in [0, 0.1) is 28.6 Å². The van der Waals surface area contributed by atoms with Gasteiger partial charge >= 0.3 is 5.97 Å². The fraction of sp³-hybridized carbons (Fsp3) is 0.810. The van der Waals surface area contributed by atoms with Crippen molar-refractivity contribution in [2.24, 2.45) is 28.6 Å². The highest BCUT2D eigenvalue weighted by Gasteiger charge is 2.67. The zero-order chi connectivity index (χ0) is 19.7. The molecule has 4 aliphatic rings. The summed E-state index contributed by atoms with van der Waals surface area (Å²) in [6.45, 7) is 5.12. The molecule has 1 N–H and O–H groups in total. The number of carbonyl (C=O) groups excluding carboxylic acids is 2. The van der Waals surface area contributed by atoms with Gasteiger partial charge in [0.25, 0.3) is 0 Å². The van der Waals surface area contributed by atoms with Crippen LogP contribution in [-0.2, 0) is 14.3 Å². The van der Waals surface area contributed by atoms with Gasteiger partial charge in [0.15, 0.2) is 5.78 Å². The Morgan fingerprint density at radius 1 is 1.30 bits per heavy atom. The molecule has 0 aromatic heterocycles. The summed E-state index contributed by atoms with van der Waals surface area (Å²) < 4.78 is 36.4. The van der Waals surface area contributed by atoms with Crippen molar-refractivity contribution in [3.63, 3.8) is 0 Å². The van der Waals surface area contributed by atoms with Crippen LogP contribution in [0.4, 0.5) is 8.78 Å². The van der Waals surface area contributed by atoms with Crippen LogP contribution in [0.1, 0.15) is 52.9 Å². The number of alkyl halides is 2. The van der Waals surface area contributed by atoms with Crippen molar-refractivity contribution in [1.29, 1.82) is 0 Å². The number of esters is 1. The van der Waals surface area contributed by atoms with Gasteiger partial charge in [0.1, 0.15) is 18.4 Å². The summed E-state index contributed by atoms with van der Waals surface area (Å²) in [6, 6.07) is 0. The average molecular weight is 382 g/mol. The molecule has 0 bridgehead atoms. The third-order valence-corrected chi connectivity index (χ3v) is 8.13. The first kappa shape index (κ1) is 19.0. The van der Waals surface area contributed by atoms with Crippen molar-refractivity contribution in [1.82, 2.24) is 0 Å². The van der Waals surface area contributed by atoms with Crippen molar-refractivity contribution in [3.05, 3.63) is 11.6 Å². The predicted molar refractivity (Wildman–Crippen MR) is 94.2 cm³/mol. The lowest BCUT2D eigenvalue weighted by atomic mass is 9.45. The number of aliphatic hydroxyl groups is 1. The van der Waals surface area contributed by atoms with E-state index in [2.05, 4.69) is 0 Å². The first-order chi connectivity index (χ1) is 12.6. The van der Waals surface area contributed by atoms with Gasteiger partial charge in [0.2, 0.25) is 0 Å². The van der Waals surface area contributed by atoms with E-state index in [4.69, 9.17) is 4.74 Å². The number of ether oxygens (including phenoxy) is 1. The Balaban J connectivity index is 1.76. The lowest BCUT2D eigenvalue weighted by Crippen LogP contribution is -2.63. The van der Waals surface area contributed by atoms with Gasteiger partial charge in [0, 0.05) is 24.7 Å². The maximum absolute atomic E-state index is 15.6. The van der Waals surface area contributed by atoms with Crippen LogP contribution < -0.4 is 0 Å². The summed E-state index contributed by atoms with van der Waals surface area (Å²) in [4.78, 5) is 23.4. The molecule has 4 aliphatic carbocycles. The number of halogens is 2. The molecule has 3 saturated carbocycles. The predicted octanol–water partition coefficient (Wildman–Crippen LogP) is 3.32. The number of fused-ring (bicyclic) bond motifs is 5. The zero-order valence-electron chi connectivity index (χ0n) is 16.1. The smallest absolute Gasteiger partial charge is 0.302 e. The molecule has 4 nitrogen and oxygen atoms in total. The van der Waals surface area contributed by atoms with Crippen LogP contribution >= 0.6 is 0 Å². The van der Waals surface area contributed by atoms with Crippen LogP contribution in [0.25, 0.3) is 0 Å². The fourth-order valence-electron chi connectivity index (χ4n) is 6.92. The molecule has 27 heavy (non-hydrogen) atoms. The molecule has 0 saturated heterocycles. The Labute approximate surface area is 158 Å². The Bertz CT molecular complexity index is 706. The molecular formula is C21H28F2O4. The summed E-state index contributed by atoms with van der Waals surface area (Å²) in [5, 5.41) is 10.9. The molecule has 6 heteroatoms. The first-order valence-electron chi connectivity index (χ1n) is 9.98. The zero-order valence-corrected chi connectivity index (χ0v) is 16.1. The van der Waals surface area contributed by atoms with E-state index in [1.807, 2.05) is 13.8 Å². The molecule has 0 aromatic carbocycles. The monoisotopic (exact) mass is 382 g/mol. The molecule has 150 valence electrons. The van der Waals surface area contributed by atoms with E-state index < -0.39 is 53.2 Å². The Kier molecular flexibility index (Phi) is 4.30. The quantitative estimate of drug-likeness (QED) is 0.707. The third-order valence-electron chi connectivity index (χ3n) is 8.13. The van der Waals surface area contributed by atoms with E-state index >= 15 is 8.78 Å². The summed E-state index contributed by atoms with van der Waals surface area (Å²) in [5.41, 5.74) is -1.08. The minimum absolute atomic E-state index is 0.108. The number of carbonyl (C=O) groups is 2. The minimum Gasteiger partial charge on any atom is -0.462 e. The maximum atomic E-state index is 15.6. The van der Waals surface area contributed by atoms with E-state index in [1.54, 1.807) is 0 Å². The van der Waals surface area contributed by atoms with Crippen LogP contribution in [0.15, 0.2) is 11.6 Å². The molecule has 4 rings (SSSR count). The Hall–Kier alpha value is -1.30. The SMILES string of the molecule is CC(=O)OC1CC[C@H]2[C@@H]3C(O)C(F)C4=CC(=O)CC[C@]4(C)[C@@H]3C(F)C[C@]12C. The first-order valence-corrected chi connectivity index (χ1v) is 9.98. The normalized spacial score (nSPS) is 51.7. The van der Waals surface area contributed by atoms with Crippen LogP contribution in [0.2, 0.25) is 0 Å². The number of aliphatic hydroxyl groups excluding tert-OH is 1. The topological polar surface area (TPSA) is 63.6 Å². The van der Waals surface area contributed by atoms with Gasteiger partial charge in [-0.15, -0.1) is 0 Å². The van der Waals surface area contributed by atoms with Crippen molar-refractivity contribution >= 4 is 11.8 Å². The van der Waals surface area contributed by atoms with E-state index in [1.165, 1.54) is 13.0 Å². The number of hydrogen-bond acceptors (Lipinski definition) is 4. The van der Waals surface area contributed by atoms with Gasteiger partial charge in [-0.1, -0.05) is 13.8 Å². The largest absolute Gasteiger partial charge is 0.462 e. The van der Waals surface area contributed by atoms with Crippen molar-refractivity contribution in [2.45, 2.75) is 77.4 Å². The van der Waals surface area contributed by atoms with Crippen LogP contribution in [0.3, 0.4) is 0 Å². The molecule has 3 fully saturated rings. The molecule has 0 amide bonds. The fourth-order valence-corrected chi connectivity index (χ4v) is 6.92. The molecule has 9 atom stereocenters. The minimum atomic E-state index is -1.65. The van der Waals surface area contributed by atoms with Crippen molar-refractivity contribution in [3.8, 4) is 0 Å². The van der Waals surface area contributed by atoms with E-state index in [-0.39, 0.29) is 30.1 Å². The molecular weight excluding hydrogens is 354 g/mol. The van der Waals surface area contributed by atoms with Gasteiger partial charge in [0.05, 0.1) is 6.10 Å². The molecule has 0 aromatic rings. The standard InChI is InChI=1S/C21H28F2O4/c1-10(24)27-15-5-4-12-16-17(14(22)9-21(12,15)3)20(2)7-6-11(25)8-13(20)18(23)19(16)26/h8,12,14-19,26H,4-7,9H2,1-3H3/t12-,14?,15?,16-,17+,18?,19?,20-,21-/m0/s1. The van der Waals surface area contributed by atoms with Crippen molar-refractivity contribution in [2.75, 3.05) is 0 Å². The van der Waals surface area contributed by atoms with E-state index in [0.717, 1.165) is 0 Å². The highest BCUT2D eigenvalue weighted by molar-refractivity contribution is 5.92. The summed E-state index contributed by atoms with van der Waals surface area (Å²) in [6.07, 6.45) is -1.08. The highest BCUT2D eigenvalue weighted by atomic mass is 19.1. The van der Waals surface area contributed by atoms with Crippen molar-refractivity contribution < 1.29 is 28.2 Å². The second kappa shape index (κ2) is 6.10. The second-order valence-corrected chi connectivity index (χ2v) is 9.49. The van der Waals surface area contributed by atoms with Gasteiger partial charge in [-0.05, 0) is 54.6 Å². The van der Waals surface area contributed by atoms with E-state index in [0.29, 0.717) is 19.3 Å². The maximum Gasteiger partial charge on any atom is 0.302 e. The summed E-state index contributed by atoms with van der Waals surface area (Å²) >= 11 is 0. The van der Waals surface area contributed by atoms with Crippen LogP contribution in [-0.4, -0.2) is 41.4 Å². The van der Waals surface area contributed by atoms with Crippen LogP contribution in [0.5, 0.6) is 0 Å². The summed E-state index contributed by atoms with van der Waals surface area (Å²) in [7, 11) is 0. The molecule has 0 radical (unpaired) electrons. The number of ketones is 1. The Morgan fingerprint density at radius 2 is 2.00 bits per heavy atom. The molecule has 4 unspecified atom stereocenters. The number of hydrogen-bond donors (Lipinski definition) is 1. The lowest BCUT2D eigenvalue weighted by molar-refractivity contribution is -0.180. The van der Waals surface area contributed by atoms with Gasteiger partial charge in [-0.25, -0.2) is 8.78 Å². The Morgan fingerprint density at radius 3 is 2.67 bits per heavy atom. The average Bonchev–Trinajstić information content (AvgIpc) is 2.89. The third kappa shape index (κ3) is 2.55. The second-order valence-electron chi connectivity index (χ2n) is 9.49. The van der Waals surface area contributed by atoms with Gasteiger partial charge in [-0.3, -0.25) is 9.59 Å².